The molecular weight excluding hydrogens is 246 g/mol. The second kappa shape index (κ2) is 5.43. The Morgan fingerprint density at radius 1 is 1.42 bits per heavy atom. The molecule has 1 unspecified atom stereocenters. The zero-order valence-electron chi connectivity index (χ0n) is 10.4. The van der Waals surface area contributed by atoms with Crippen molar-refractivity contribution >= 4 is 17.8 Å². The lowest BCUT2D eigenvalue weighted by atomic mass is 9.92. The van der Waals surface area contributed by atoms with Crippen LogP contribution in [0.25, 0.3) is 0 Å². The molecule has 0 bridgehead atoms. The van der Waals surface area contributed by atoms with Crippen LogP contribution in [0.5, 0.6) is 0 Å². The minimum atomic E-state index is -0.424. The number of nitrogens with one attached hydrogen (secondary N) is 1. The molecule has 1 N–H and O–H groups in total. The van der Waals surface area contributed by atoms with E-state index in [4.69, 9.17) is 0 Å². The average molecular weight is 259 g/mol. The Bertz CT molecular complexity index is 561. The molecule has 1 atom stereocenters. The van der Waals surface area contributed by atoms with E-state index in [2.05, 4.69) is 10.3 Å². The number of hydrogen-bond donors (Lipinski definition) is 1. The summed E-state index contributed by atoms with van der Waals surface area (Å²) in [6.07, 6.45) is 3.17. The van der Waals surface area contributed by atoms with E-state index in [1.807, 2.05) is 13.0 Å². The quantitative estimate of drug-likeness (QED) is 0.510. The van der Waals surface area contributed by atoms with Gasteiger partial charge < -0.3 is 5.32 Å². The summed E-state index contributed by atoms with van der Waals surface area (Å²) in [5, 5.41) is 13.1. The number of allylic oxidation sites excluding steroid dienone is 1. The van der Waals surface area contributed by atoms with Crippen molar-refractivity contribution in [3.8, 4) is 0 Å². The smallest absolute Gasteiger partial charge is 0.269 e. The molecule has 6 heteroatoms. The molecule has 0 fully saturated rings. The zero-order valence-corrected chi connectivity index (χ0v) is 10.4. The van der Waals surface area contributed by atoms with E-state index in [0.717, 1.165) is 17.7 Å². The van der Waals surface area contributed by atoms with Gasteiger partial charge in [-0.05, 0) is 25.0 Å². The van der Waals surface area contributed by atoms with Gasteiger partial charge in [0.05, 0.1) is 4.92 Å². The van der Waals surface area contributed by atoms with Crippen LogP contribution in [0.4, 0.5) is 5.69 Å². The molecule has 6 nitrogen and oxygen atoms in total. The largest absolute Gasteiger partial charge is 0.314 e. The van der Waals surface area contributed by atoms with E-state index in [-0.39, 0.29) is 11.6 Å². The summed E-state index contributed by atoms with van der Waals surface area (Å²) < 4.78 is 0. The number of non-ortho nitro benzene ring substituents is 1. The third-order valence-corrected chi connectivity index (χ3v) is 2.92. The number of amides is 1. The zero-order chi connectivity index (χ0) is 13.8. The highest BCUT2D eigenvalue weighted by atomic mass is 16.6. The van der Waals surface area contributed by atoms with Crippen molar-refractivity contribution < 1.29 is 9.72 Å². The highest BCUT2D eigenvalue weighted by molar-refractivity contribution is 5.85. The van der Waals surface area contributed by atoms with Crippen molar-refractivity contribution in [2.24, 2.45) is 4.99 Å². The van der Waals surface area contributed by atoms with Gasteiger partial charge in [-0.25, -0.2) is 4.99 Å². The van der Waals surface area contributed by atoms with Gasteiger partial charge in [-0.2, -0.15) is 0 Å². The molecule has 0 saturated carbocycles. The predicted octanol–water partition coefficient (Wildman–Crippen LogP) is 2.13. The van der Waals surface area contributed by atoms with E-state index < -0.39 is 4.92 Å². The van der Waals surface area contributed by atoms with E-state index in [1.165, 1.54) is 12.1 Å². The Hall–Kier alpha value is -2.50. The molecule has 0 saturated heterocycles. The molecule has 1 aromatic rings. The van der Waals surface area contributed by atoms with Gasteiger partial charge in [-0.3, -0.25) is 14.9 Å². The summed E-state index contributed by atoms with van der Waals surface area (Å²) >= 11 is 0. The number of hydrogen-bond acceptors (Lipinski definition) is 4. The highest BCUT2D eigenvalue weighted by Gasteiger charge is 2.17. The summed E-state index contributed by atoms with van der Waals surface area (Å²) in [7, 11) is 0. The number of carbonyl (C=O) groups excluding carboxylic acids is 1. The Morgan fingerprint density at radius 3 is 2.68 bits per heavy atom. The van der Waals surface area contributed by atoms with E-state index in [1.54, 1.807) is 12.1 Å². The lowest BCUT2D eigenvalue weighted by Crippen LogP contribution is -2.16. The Labute approximate surface area is 110 Å². The molecule has 1 aliphatic heterocycles. The molecular formula is C13H13N3O3. The second-order valence-electron chi connectivity index (χ2n) is 4.32. The van der Waals surface area contributed by atoms with Crippen LogP contribution in [0.3, 0.4) is 0 Å². The maximum atomic E-state index is 10.6. The van der Waals surface area contributed by atoms with Gasteiger partial charge in [-0.15, -0.1) is 0 Å². The number of carbonyl (C=O) groups is 1. The standard InChI is InChI=1S/C13H13N3O3/c1-9-6-11(7-13(15-9)14-8-17)10-2-4-12(5-3-10)16(18)19/h2-5,7-8,11H,6H2,1H3,(H,14,17). The van der Waals surface area contributed by atoms with Crippen molar-refractivity contribution in [2.75, 3.05) is 0 Å². The van der Waals surface area contributed by atoms with Gasteiger partial charge in [0.1, 0.15) is 5.82 Å². The number of nitro groups is 1. The molecule has 1 aliphatic rings. The molecule has 19 heavy (non-hydrogen) atoms. The number of aliphatic imine (C=N–C) groups is 1. The highest BCUT2D eigenvalue weighted by Crippen LogP contribution is 2.28. The van der Waals surface area contributed by atoms with Gasteiger partial charge in [0.25, 0.3) is 5.69 Å². The van der Waals surface area contributed by atoms with Crippen LogP contribution >= 0.6 is 0 Å². The Balaban J connectivity index is 2.24. The molecule has 0 aromatic heterocycles. The van der Waals surface area contributed by atoms with Crippen LogP contribution in [-0.4, -0.2) is 17.0 Å². The normalized spacial score (nSPS) is 18.3. The van der Waals surface area contributed by atoms with Gasteiger partial charge in [0.2, 0.25) is 6.41 Å². The van der Waals surface area contributed by atoms with Crippen molar-refractivity contribution in [3.63, 3.8) is 0 Å². The summed E-state index contributed by atoms with van der Waals surface area (Å²) in [4.78, 5) is 24.8. The molecule has 0 aliphatic carbocycles. The minimum Gasteiger partial charge on any atom is -0.314 e. The molecule has 1 amide bonds. The first kappa shape index (κ1) is 12.9. The Morgan fingerprint density at radius 2 is 2.11 bits per heavy atom. The molecule has 1 heterocycles. The van der Waals surface area contributed by atoms with Crippen molar-refractivity contribution in [2.45, 2.75) is 19.3 Å². The molecule has 98 valence electrons. The first-order valence-electron chi connectivity index (χ1n) is 5.80. The Kier molecular flexibility index (Phi) is 3.70. The predicted molar refractivity (Wildman–Crippen MR) is 70.8 cm³/mol. The topological polar surface area (TPSA) is 84.6 Å². The third kappa shape index (κ3) is 3.04. The lowest BCUT2D eigenvalue weighted by molar-refractivity contribution is -0.384. The number of benzene rings is 1. The monoisotopic (exact) mass is 259 g/mol. The van der Waals surface area contributed by atoms with E-state index >= 15 is 0 Å². The van der Waals surface area contributed by atoms with Crippen LogP contribution in [0.2, 0.25) is 0 Å². The van der Waals surface area contributed by atoms with Crippen LogP contribution in [-0.2, 0) is 4.79 Å². The van der Waals surface area contributed by atoms with Crippen LogP contribution in [0.15, 0.2) is 41.2 Å². The first-order chi connectivity index (χ1) is 9.10. The molecule has 0 radical (unpaired) electrons. The maximum Gasteiger partial charge on any atom is 0.269 e. The fourth-order valence-electron chi connectivity index (χ4n) is 2.05. The fourth-order valence-corrected chi connectivity index (χ4v) is 2.05. The van der Waals surface area contributed by atoms with Crippen LogP contribution < -0.4 is 5.32 Å². The summed E-state index contributed by atoms with van der Waals surface area (Å²) in [5.41, 5.74) is 1.94. The molecule has 2 rings (SSSR count). The summed E-state index contributed by atoms with van der Waals surface area (Å²) in [6.45, 7) is 1.89. The van der Waals surface area contributed by atoms with Crippen molar-refractivity contribution in [3.05, 3.63) is 51.8 Å². The summed E-state index contributed by atoms with van der Waals surface area (Å²) in [5.74, 6) is 0.586. The molecule has 0 spiro atoms. The van der Waals surface area contributed by atoms with E-state index in [0.29, 0.717) is 12.2 Å². The molecule has 1 aromatic carbocycles. The fraction of sp³-hybridized carbons (Fsp3) is 0.231. The average Bonchev–Trinajstić information content (AvgIpc) is 2.38. The first-order valence-corrected chi connectivity index (χ1v) is 5.80. The van der Waals surface area contributed by atoms with Gasteiger partial charge >= 0.3 is 0 Å². The van der Waals surface area contributed by atoms with Crippen LogP contribution in [0, 0.1) is 10.1 Å². The van der Waals surface area contributed by atoms with Gasteiger partial charge in [0.15, 0.2) is 0 Å². The number of nitro benzene ring substituents is 1. The van der Waals surface area contributed by atoms with Gasteiger partial charge in [0, 0.05) is 23.8 Å². The van der Waals surface area contributed by atoms with Crippen molar-refractivity contribution in [1.29, 1.82) is 0 Å². The third-order valence-electron chi connectivity index (χ3n) is 2.92. The van der Waals surface area contributed by atoms with Crippen LogP contribution in [0.1, 0.15) is 24.8 Å². The SMILES string of the molecule is CC1=NC(NC=O)=CC(c2ccc([N+](=O)[O-])cc2)C1. The minimum absolute atomic E-state index is 0.0696. The van der Waals surface area contributed by atoms with Gasteiger partial charge in [-0.1, -0.05) is 12.1 Å². The maximum absolute atomic E-state index is 10.6. The summed E-state index contributed by atoms with van der Waals surface area (Å²) in [6, 6.07) is 6.43. The number of rotatable bonds is 4. The second-order valence-corrected chi connectivity index (χ2v) is 4.32. The van der Waals surface area contributed by atoms with Crippen molar-refractivity contribution in [1.82, 2.24) is 5.32 Å². The number of nitrogens with zero attached hydrogens (tertiary/aromatic N) is 2. The van der Waals surface area contributed by atoms with E-state index in [9.17, 15) is 14.9 Å². The lowest BCUT2D eigenvalue weighted by Gasteiger charge is -2.19.